The Morgan fingerprint density at radius 2 is 2.15 bits per heavy atom. The minimum atomic E-state index is 0.637. The number of nitrogens with one attached hydrogen (secondary N) is 1. The van der Waals surface area contributed by atoms with Crippen molar-refractivity contribution >= 4 is 0 Å². The molecule has 1 saturated heterocycles. The highest BCUT2D eigenvalue weighted by Crippen LogP contribution is 2.36. The van der Waals surface area contributed by atoms with Crippen LogP contribution in [0.2, 0.25) is 0 Å². The third-order valence-corrected chi connectivity index (χ3v) is 5.17. The van der Waals surface area contributed by atoms with Crippen LogP contribution in [-0.4, -0.2) is 30.1 Å². The van der Waals surface area contributed by atoms with E-state index in [1.54, 1.807) is 6.26 Å². The molecule has 2 aliphatic rings. The predicted octanol–water partition coefficient (Wildman–Crippen LogP) is 3.41. The lowest BCUT2D eigenvalue weighted by molar-refractivity contribution is 0.141. The molecule has 2 fully saturated rings. The second kappa shape index (κ2) is 6.77. The van der Waals surface area contributed by atoms with E-state index in [-0.39, 0.29) is 0 Å². The Morgan fingerprint density at radius 1 is 1.30 bits per heavy atom. The smallest absolute Gasteiger partial charge is 0.117 e. The molecule has 0 spiro atoms. The molecule has 1 saturated carbocycles. The van der Waals surface area contributed by atoms with Crippen LogP contribution in [0.3, 0.4) is 0 Å². The van der Waals surface area contributed by atoms with Crippen molar-refractivity contribution in [2.24, 2.45) is 5.92 Å². The van der Waals surface area contributed by atoms with E-state index >= 15 is 0 Å². The lowest BCUT2D eigenvalue weighted by atomic mass is 9.95. The highest BCUT2D eigenvalue weighted by molar-refractivity contribution is 4.97. The Balaban J connectivity index is 1.46. The van der Waals surface area contributed by atoms with E-state index in [0.29, 0.717) is 6.04 Å². The zero-order valence-electron chi connectivity index (χ0n) is 12.7. The van der Waals surface area contributed by atoms with Gasteiger partial charge in [-0.25, -0.2) is 0 Å². The molecule has 1 aliphatic heterocycles. The normalized spacial score (nSPS) is 26.4. The lowest BCUT2D eigenvalue weighted by Crippen LogP contribution is -2.45. The highest BCUT2D eigenvalue weighted by atomic mass is 16.3. The second-order valence-electron chi connectivity index (χ2n) is 6.55. The summed E-state index contributed by atoms with van der Waals surface area (Å²) in [6.45, 7) is 5.58. The summed E-state index contributed by atoms with van der Waals surface area (Å²) >= 11 is 0. The van der Waals surface area contributed by atoms with Gasteiger partial charge in [0.1, 0.15) is 5.76 Å². The number of hydrogen-bond donors (Lipinski definition) is 1. The van der Waals surface area contributed by atoms with Crippen LogP contribution in [0, 0.1) is 5.92 Å². The molecule has 0 bridgehead atoms. The average Bonchev–Trinajstić information content (AvgIpc) is 3.19. The van der Waals surface area contributed by atoms with Crippen LogP contribution in [-0.2, 0) is 6.54 Å². The fraction of sp³-hybridized carbons (Fsp3) is 0.765. The molecule has 1 aromatic heterocycles. The fourth-order valence-electron chi connectivity index (χ4n) is 4.15. The number of rotatable bonds is 6. The van der Waals surface area contributed by atoms with Gasteiger partial charge in [-0.05, 0) is 57.2 Å². The second-order valence-corrected chi connectivity index (χ2v) is 6.55. The summed E-state index contributed by atoms with van der Waals surface area (Å²) < 4.78 is 5.37. The molecule has 3 rings (SSSR count). The zero-order chi connectivity index (χ0) is 13.8. The number of likely N-dealkylation sites (tertiary alicyclic amines) is 1. The van der Waals surface area contributed by atoms with Gasteiger partial charge in [0.2, 0.25) is 0 Å². The van der Waals surface area contributed by atoms with E-state index in [2.05, 4.69) is 17.1 Å². The van der Waals surface area contributed by atoms with Gasteiger partial charge >= 0.3 is 0 Å². The van der Waals surface area contributed by atoms with Crippen molar-refractivity contribution in [3.05, 3.63) is 24.2 Å². The molecule has 112 valence electrons. The summed E-state index contributed by atoms with van der Waals surface area (Å²) in [4.78, 5) is 2.77. The Labute approximate surface area is 122 Å². The Bertz CT molecular complexity index is 384. The van der Waals surface area contributed by atoms with Crippen LogP contribution in [0.15, 0.2) is 22.8 Å². The first kappa shape index (κ1) is 14.2. The van der Waals surface area contributed by atoms with Gasteiger partial charge in [0, 0.05) is 18.6 Å². The van der Waals surface area contributed by atoms with Crippen LogP contribution in [0.1, 0.15) is 51.2 Å². The molecular formula is C17H28N2O. The molecule has 0 aromatic carbocycles. The molecule has 3 nitrogen and oxygen atoms in total. The third-order valence-electron chi connectivity index (χ3n) is 5.17. The summed E-state index contributed by atoms with van der Waals surface area (Å²) in [7, 11) is 0. The topological polar surface area (TPSA) is 28.4 Å². The van der Waals surface area contributed by atoms with Crippen molar-refractivity contribution in [1.82, 2.24) is 10.2 Å². The molecule has 1 N–H and O–H groups in total. The largest absolute Gasteiger partial charge is 0.468 e. The Kier molecular flexibility index (Phi) is 4.79. The third kappa shape index (κ3) is 3.26. The average molecular weight is 276 g/mol. The van der Waals surface area contributed by atoms with E-state index < -0.39 is 0 Å². The molecular weight excluding hydrogens is 248 g/mol. The van der Waals surface area contributed by atoms with E-state index in [0.717, 1.165) is 30.8 Å². The highest BCUT2D eigenvalue weighted by Gasteiger charge is 2.35. The van der Waals surface area contributed by atoms with Crippen molar-refractivity contribution in [3.63, 3.8) is 0 Å². The quantitative estimate of drug-likeness (QED) is 0.863. The molecule has 20 heavy (non-hydrogen) atoms. The first-order valence-corrected chi connectivity index (χ1v) is 8.33. The van der Waals surface area contributed by atoms with Crippen LogP contribution in [0.25, 0.3) is 0 Å². The van der Waals surface area contributed by atoms with E-state index in [1.807, 2.05) is 12.1 Å². The Morgan fingerprint density at radius 3 is 2.90 bits per heavy atom. The van der Waals surface area contributed by atoms with Gasteiger partial charge in [-0.15, -0.1) is 0 Å². The van der Waals surface area contributed by atoms with Crippen LogP contribution in [0.5, 0.6) is 0 Å². The molecule has 1 aliphatic carbocycles. The molecule has 1 aromatic rings. The van der Waals surface area contributed by atoms with E-state index in [1.165, 1.54) is 45.1 Å². The molecule has 2 atom stereocenters. The summed E-state index contributed by atoms with van der Waals surface area (Å²) in [5, 5.41) is 3.54. The van der Waals surface area contributed by atoms with Gasteiger partial charge in [-0.3, -0.25) is 4.90 Å². The molecule has 0 amide bonds. The maximum absolute atomic E-state index is 5.37. The Hall–Kier alpha value is -0.800. The van der Waals surface area contributed by atoms with Crippen molar-refractivity contribution in [1.29, 1.82) is 0 Å². The standard InChI is InChI=1S/C17H28N2O/c1-14(12-18-13-16-8-5-11-20-16)19-10-4-9-17(19)15-6-2-3-7-15/h5,8,11,14-15,17-18H,2-4,6-7,9-10,12-13H2,1H3. The molecule has 2 heterocycles. The summed E-state index contributed by atoms with van der Waals surface area (Å²) in [6, 6.07) is 5.49. The fourth-order valence-corrected chi connectivity index (χ4v) is 4.15. The van der Waals surface area contributed by atoms with Gasteiger partial charge in [-0.1, -0.05) is 12.8 Å². The van der Waals surface area contributed by atoms with Crippen molar-refractivity contribution in [3.8, 4) is 0 Å². The maximum atomic E-state index is 5.37. The van der Waals surface area contributed by atoms with Gasteiger partial charge in [0.25, 0.3) is 0 Å². The van der Waals surface area contributed by atoms with Gasteiger partial charge < -0.3 is 9.73 Å². The molecule has 2 unspecified atom stereocenters. The molecule has 0 radical (unpaired) electrons. The van der Waals surface area contributed by atoms with Gasteiger partial charge in [0.15, 0.2) is 0 Å². The van der Waals surface area contributed by atoms with Crippen molar-refractivity contribution in [2.45, 2.75) is 64.1 Å². The SMILES string of the molecule is CC(CNCc1ccco1)N1CCCC1C1CCCC1. The minimum absolute atomic E-state index is 0.637. The summed E-state index contributed by atoms with van der Waals surface area (Å²) in [6.07, 6.45) is 10.4. The van der Waals surface area contributed by atoms with Crippen molar-refractivity contribution < 1.29 is 4.42 Å². The first-order valence-electron chi connectivity index (χ1n) is 8.33. The zero-order valence-corrected chi connectivity index (χ0v) is 12.7. The van der Waals surface area contributed by atoms with E-state index in [9.17, 15) is 0 Å². The van der Waals surface area contributed by atoms with Crippen molar-refractivity contribution in [2.75, 3.05) is 13.1 Å². The maximum Gasteiger partial charge on any atom is 0.117 e. The summed E-state index contributed by atoms with van der Waals surface area (Å²) in [5.41, 5.74) is 0. The van der Waals surface area contributed by atoms with Gasteiger partial charge in [-0.2, -0.15) is 0 Å². The number of hydrogen-bond acceptors (Lipinski definition) is 3. The summed E-state index contributed by atoms with van der Waals surface area (Å²) in [5.74, 6) is 2.01. The van der Waals surface area contributed by atoms with E-state index in [4.69, 9.17) is 4.42 Å². The van der Waals surface area contributed by atoms with Crippen LogP contribution >= 0.6 is 0 Å². The number of nitrogens with zero attached hydrogens (tertiary/aromatic N) is 1. The lowest BCUT2D eigenvalue weighted by Gasteiger charge is -2.34. The van der Waals surface area contributed by atoms with Gasteiger partial charge in [0.05, 0.1) is 12.8 Å². The van der Waals surface area contributed by atoms with Crippen LogP contribution in [0.4, 0.5) is 0 Å². The first-order chi connectivity index (χ1) is 9.84. The number of furan rings is 1. The minimum Gasteiger partial charge on any atom is -0.468 e. The monoisotopic (exact) mass is 276 g/mol. The van der Waals surface area contributed by atoms with Crippen LogP contribution < -0.4 is 5.32 Å². The predicted molar refractivity (Wildman–Crippen MR) is 81.6 cm³/mol. The molecule has 3 heteroatoms.